The van der Waals surface area contributed by atoms with Crippen LogP contribution in [0.4, 0.5) is 4.79 Å². The van der Waals surface area contributed by atoms with Crippen LogP contribution in [0.15, 0.2) is 55.0 Å². The Bertz CT molecular complexity index is 514. The molecule has 112 valence electrons. The van der Waals surface area contributed by atoms with E-state index in [1.54, 1.807) is 11.1 Å². The van der Waals surface area contributed by atoms with Crippen LogP contribution in [0.2, 0.25) is 0 Å². The summed E-state index contributed by atoms with van der Waals surface area (Å²) in [5.41, 5.74) is 7.36. The minimum Gasteiger partial charge on any atom is -0.445 e. The van der Waals surface area contributed by atoms with E-state index in [2.05, 4.69) is 11.9 Å². The van der Waals surface area contributed by atoms with Gasteiger partial charge in [0.1, 0.15) is 6.61 Å². The quantitative estimate of drug-likeness (QED) is 0.872. The summed E-state index contributed by atoms with van der Waals surface area (Å²) < 4.78 is 5.38. The van der Waals surface area contributed by atoms with Gasteiger partial charge >= 0.3 is 6.09 Å². The molecule has 0 aliphatic carbocycles. The first-order valence-electron chi connectivity index (χ1n) is 7.03. The van der Waals surface area contributed by atoms with E-state index >= 15 is 0 Å². The molecule has 1 amide bonds. The fourth-order valence-corrected chi connectivity index (χ4v) is 2.48. The van der Waals surface area contributed by atoms with Gasteiger partial charge in [0.2, 0.25) is 0 Å². The molecule has 0 bridgehead atoms. The van der Waals surface area contributed by atoms with Crippen LogP contribution in [-0.4, -0.2) is 23.6 Å². The van der Waals surface area contributed by atoms with Crippen LogP contribution in [-0.2, 0) is 11.3 Å². The summed E-state index contributed by atoms with van der Waals surface area (Å²) in [5.74, 6) is 0. The number of ether oxygens (including phenoxy) is 1. The fourth-order valence-electron chi connectivity index (χ4n) is 2.48. The average molecular weight is 287 g/mol. The van der Waals surface area contributed by atoms with Gasteiger partial charge in [-0.25, -0.2) is 4.79 Å². The number of benzene rings is 1. The van der Waals surface area contributed by atoms with E-state index in [1.165, 1.54) is 6.20 Å². The van der Waals surface area contributed by atoms with Crippen molar-refractivity contribution in [2.24, 2.45) is 5.73 Å². The van der Waals surface area contributed by atoms with E-state index in [-0.39, 0.29) is 18.7 Å². The Labute approximate surface area is 125 Å². The van der Waals surface area contributed by atoms with Gasteiger partial charge in [-0.2, -0.15) is 0 Å². The van der Waals surface area contributed by atoms with E-state index in [0.717, 1.165) is 24.1 Å². The molecule has 2 rings (SSSR count). The molecular formula is C16H21N3O2. The summed E-state index contributed by atoms with van der Waals surface area (Å²) >= 11 is 0. The molecule has 21 heavy (non-hydrogen) atoms. The summed E-state index contributed by atoms with van der Waals surface area (Å²) in [7, 11) is 0. The van der Waals surface area contributed by atoms with E-state index in [9.17, 15) is 4.79 Å². The molecule has 3 N–H and O–H groups in total. The summed E-state index contributed by atoms with van der Waals surface area (Å²) in [6.07, 6.45) is 4.53. The highest BCUT2D eigenvalue weighted by molar-refractivity contribution is 5.69. The molecule has 1 aliphatic heterocycles. The number of carbonyl (C=O) groups excluding carboxylic acids is 1. The Hall–Kier alpha value is -2.43. The lowest BCUT2D eigenvalue weighted by atomic mass is 10.1. The topological polar surface area (TPSA) is 67.6 Å². The maximum atomic E-state index is 12.2. The van der Waals surface area contributed by atoms with Gasteiger partial charge in [0, 0.05) is 12.7 Å². The SMILES string of the molecule is C=CN/C(=C\N)[C@@H]1CCCN1C(=O)OCc1ccccc1. The van der Waals surface area contributed by atoms with Gasteiger partial charge in [-0.15, -0.1) is 0 Å². The maximum Gasteiger partial charge on any atom is 0.410 e. The molecule has 0 aromatic heterocycles. The number of amides is 1. The minimum atomic E-state index is -0.313. The zero-order valence-corrected chi connectivity index (χ0v) is 12.0. The zero-order chi connectivity index (χ0) is 15.1. The van der Waals surface area contributed by atoms with Crippen molar-refractivity contribution in [1.82, 2.24) is 10.2 Å². The molecule has 0 spiro atoms. The van der Waals surface area contributed by atoms with Gasteiger partial charge in [0.25, 0.3) is 0 Å². The Morgan fingerprint density at radius 2 is 2.24 bits per heavy atom. The van der Waals surface area contributed by atoms with Crippen molar-refractivity contribution in [2.45, 2.75) is 25.5 Å². The van der Waals surface area contributed by atoms with Crippen LogP contribution in [0.3, 0.4) is 0 Å². The van der Waals surface area contributed by atoms with E-state index in [0.29, 0.717) is 6.54 Å². The van der Waals surface area contributed by atoms with Crippen molar-refractivity contribution in [3.8, 4) is 0 Å². The van der Waals surface area contributed by atoms with Gasteiger partial charge < -0.3 is 15.8 Å². The Kier molecular flexibility index (Phi) is 5.26. The van der Waals surface area contributed by atoms with Gasteiger partial charge in [0.05, 0.1) is 11.7 Å². The number of likely N-dealkylation sites (tertiary alicyclic amines) is 1. The Morgan fingerprint density at radius 3 is 2.90 bits per heavy atom. The lowest BCUT2D eigenvalue weighted by Gasteiger charge is -2.25. The monoisotopic (exact) mass is 287 g/mol. The van der Waals surface area contributed by atoms with Crippen LogP contribution in [0, 0.1) is 0 Å². The molecule has 1 saturated heterocycles. The molecule has 1 heterocycles. The molecule has 5 heteroatoms. The van der Waals surface area contributed by atoms with Crippen molar-refractivity contribution < 1.29 is 9.53 Å². The largest absolute Gasteiger partial charge is 0.445 e. The summed E-state index contributed by atoms with van der Waals surface area (Å²) in [4.78, 5) is 13.9. The Morgan fingerprint density at radius 1 is 1.48 bits per heavy atom. The Balaban J connectivity index is 1.96. The second-order valence-corrected chi connectivity index (χ2v) is 4.86. The molecule has 5 nitrogen and oxygen atoms in total. The maximum absolute atomic E-state index is 12.2. The highest BCUT2D eigenvalue weighted by Crippen LogP contribution is 2.23. The van der Waals surface area contributed by atoms with Crippen molar-refractivity contribution in [2.75, 3.05) is 6.54 Å². The first kappa shape index (κ1) is 15.0. The number of carbonyl (C=O) groups is 1. The van der Waals surface area contributed by atoms with Gasteiger partial charge in [-0.3, -0.25) is 4.90 Å². The minimum absolute atomic E-state index is 0.0729. The predicted octanol–water partition coefficient (Wildman–Crippen LogP) is 2.32. The van der Waals surface area contributed by atoms with Crippen LogP contribution >= 0.6 is 0 Å². The number of hydrogen-bond acceptors (Lipinski definition) is 4. The van der Waals surface area contributed by atoms with Crippen molar-refractivity contribution in [3.63, 3.8) is 0 Å². The number of hydrogen-bond donors (Lipinski definition) is 2. The normalized spacial score (nSPS) is 18.4. The third kappa shape index (κ3) is 3.78. The van der Waals surface area contributed by atoms with Gasteiger partial charge in [0.15, 0.2) is 0 Å². The number of nitrogens with zero attached hydrogens (tertiary/aromatic N) is 1. The second kappa shape index (κ2) is 7.38. The lowest BCUT2D eigenvalue weighted by Crippen LogP contribution is -2.39. The van der Waals surface area contributed by atoms with Crippen molar-refractivity contribution >= 4 is 6.09 Å². The van der Waals surface area contributed by atoms with Crippen molar-refractivity contribution in [3.05, 3.63) is 60.6 Å². The molecule has 0 unspecified atom stereocenters. The third-order valence-electron chi connectivity index (χ3n) is 3.50. The summed E-state index contributed by atoms with van der Waals surface area (Å²) in [6, 6.07) is 9.56. The van der Waals surface area contributed by atoms with Crippen LogP contribution < -0.4 is 11.1 Å². The summed E-state index contributed by atoms with van der Waals surface area (Å²) in [6.45, 7) is 4.58. The number of nitrogens with two attached hydrogens (primary N) is 1. The fraction of sp³-hybridized carbons (Fsp3) is 0.312. The molecule has 1 fully saturated rings. The average Bonchev–Trinajstić information content (AvgIpc) is 3.00. The molecular weight excluding hydrogens is 266 g/mol. The number of nitrogens with one attached hydrogen (secondary N) is 1. The molecule has 1 atom stereocenters. The molecule has 0 radical (unpaired) electrons. The first-order chi connectivity index (χ1) is 10.3. The van der Waals surface area contributed by atoms with Gasteiger partial charge in [-0.1, -0.05) is 36.9 Å². The molecule has 1 aliphatic rings. The smallest absolute Gasteiger partial charge is 0.410 e. The van der Waals surface area contributed by atoms with E-state index in [4.69, 9.17) is 10.5 Å². The first-order valence-corrected chi connectivity index (χ1v) is 7.03. The van der Waals surface area contributed by atoms with E-state index < -0.39 is 0 Å². The molecule has 1 aromatic carbocycles. The predicted molar refractivity (Wildman–Crippen MR) is 82.0 cm³/mol. The number of rotatable bonds is 5. The van der Waals surface area contributed by atoms with E-state index in [1.807, 2.05) is 30.3 Å². The van der Waals surface area contributed by atoms with Crippen LogP contribution in [0.25, 0.3) is 0 Å². The highest BCUT2D eigenvalue weighted by atomic mass is 16.6. The van der Waals surface area contributed by atoms with Crippen molar-refractivity contribution in [1.29, 1.82) is 0 Å². The highest BCUT2D eigenvalue weighted by Gasteiger charge is 2.32. The summed E-state index contributed by atoms with van der Waals surface area (Å²) in [5, 5.41) is 2.98. The third-order valence-corrected chi connectivity index (χ3v) is 3.50. The van der Waals surface area contributed by atoms with Gasteiger partial charge in [-0.05, 0) is 24.6 Å². The van der Waals surface area contributed by atoms with Crippen LogP contribution in [0.1, 0.15) is 18.4 Å². The molecule has 0 saturated carbocycles. The van der Waals surface area contributed by atoms with Crippen LogP contribution in [0.5, 0.6) is 0 Å². The lowest BCUT2D eigenvalue weighted by molar-refractivity contribution is 0.0957. The molecule has 1 aromatic rings. The standard InChI is InChI=1S/C16H21N3O2/c1-2-18-14(11-17)15-9-6-10-19(15)16(20)21-12-13-7-4-3-5-8-13/h2-5,7-8,11,15,18H,1,6,9-10,12,17H2/b14-11-/t15-/m0/s1. The second-order valence-electron chi connectivity index (χ2n) is 4.86. The zero-order valence-electron chi connectivity index (χ0n) is 12.0.